The Kier molecular flexibility index (Phi) is 4.56. The molecule has 6 nitrogen and oxygen atoms in total. The molecule has 0 saturated heterocycles. The van der Waals surface area contributed by atoms with Crippen LogP contribution >= 0.6 is 7.75 Å². The summed E-state index contributed by atoms with van der Waals surface area (Å²) in [6.07, 6.45) is 4.88. The van der Waals surface area contributed by atoms with Crippen molar-refractivity contribution in [3.05, 3.63) is 24.8 Å². The van der Waals surface area contributed by atoms with Gasteiger partial charge in [0.15, 0.2) is 0 Å². The van der Waals surface area contributed by atoms with Crippen LogP contribution in [-0.4, -0.2) is 19.8 Å². The van der Waals surface area contributed by atoms with Crippen molar-refractivity contribution in [1.82, 2.24) is 9.97 Å². The van der Waals surface area contributed by atoms with E-state index in [1.54, 1.807) is 18.5 Å². The molecule has 0 aliphatic heterocycles. The van der Waals surface area contributed by atoms with Crippen LogP contribution in [0.25, 0.3) is 0 Å². The summed E-state index contributed by atoms with van der Waals surface area (Å²) in [5, 5.41) is 0. The highest BCUT2D eigenvalue weighted by Crippen LogP contribution is 2.20. The van der Waals surface area contributed by atoms with Gasteiger partial charge in [-0.05, 0) is 6.07 Å². The van der Waals surface area contributed by atoms with E-state index in [0.717, 1.165) is 0 Å². The maximum Gasteiger partial charge on any atom is 0.397 e. The normalized spacial score (nSPS) is 9.73. The molecule has 11 heavy (non-hydrogen) atoms. The lowest BCUT2D eigenvalue weighted by molar-refractivity contribution is 0.374. The molecule has 4 N–H and O–H groups in total. The SMILES string of the molecule is NP(=O)(O)O.c1cncnc1. The van der Waals surface area contributed by atoms with E-state index in [0.29, 0.717) is 0 Å². The van der Waals surface area contributed by atoms with Gasteiger partial charge in [-0.2, -0.15) is 0 Å². The quantitative estimate of drug-likeness (QED) is 0.461. The Morgan fingerprint density at radius 3 is 1.73 bits per heavy atom. The van der Waals surface area contributed by atoms with Crippen LogP contribution in [0.2, 0.25) is 0 Å². The molecule has 62 valence electrons. The molecule has 0 aromatic carbocycles. The third kappa shape index (κ3) is 17.6. The van der Waals surface area contributed by atoms with Crippen molar-refractivity contribution in [3.63, 3.8) is 0 Å². The summed E-state index contributed by atoms with van der Waals surface area (Å²) in [6.45, 7) is 0. The largest absolute Gasteiger partial charge is 0.397 e. The Labute approximate surface area is 63.3 Å². The van der Waals surface area contributed by atoms with Crippen molar-refractivity contribution < 1.29 is 14.4 Å². The summed E-state index contributed by atoms with van der Waals surface area (Å²) in [6, 6.07) is 1.78. The Balaban J connectivity index is 0.000000187. The zero-order valence-electron chi connectivity index (χ0n) is 5.53. The smallest absolute Gasteiger partial charge is 0.313 e. The molecule has 0 fully saturated rings. The minimum absolute atomic E-state index is 1.50. The van der Waals surface area contributed by atoms with E-state index in [4.69, 9.17) is 14.4 Å². The van der Waals surface area contributed by atoms with E-state index in [2.05, 4.69) is 15.5 Å². The first-order chi connectivity index (χ1) is 5.00. The van der Waals surface area contributed by atoms with Gasteiger partial charge in [-0.1, -0.05) is 0 Å². The van der Waals surface area contributed by atoms with E-state index in [9.17, 15) is 0 Å². The summed E-state index contributed by atoms with van der Waals surface area (Å²) >= 11 is 0. The summed E-state index contributed by atoms with van der Waals surface area (Å²) < 4.78 is 9.10. The third-order valence-corrected chi connectivity index (χ3v) is 0.478. The second-order valence-corrected chi connectivity index (χ2v) is 2.67. The van der Waals surface area contributed by atoms with Gasteiger partial charge in [-0.15, -0.1) is 0 Å². The van der Waals surface area contributed by atoms with Crippen molar-refractivity contribution in [2.45, 2.75) is 0 Å². The van der Waals surface area contributed by atoms with E-state index in [1.165, 1.54) is 6.33 Å². The van der Waals surface area contributed by atoms with Crippen LogP contribution in [0.4, 0.5) is 0 Å². The predicted octanol–water partition coefficient (Wildman–Crippen LogP) is -0.486. The second kappa shape index (κ2) is 4.92. The number of hydrogen-bond acceptors (Lipinski definition) is 3. The van der Waals surface area contributed by atoms with E-state index < -0.39 is 7.75 Å². The lowest BCUT2D eigenvalue weighted by Crippen LogP contribution is -1.87. The molecule has 0 bridgehead atoms. The average molecular weight is 177 g/mol. The minimum Gasteiger partial charge on any atom is -0.313 e. The van der Waals surface area contributed by atoms with Gasteiger partial charge >= 0.3 is 7.75 Å². The number of aromatic nitrogens is 2. The molecule has 7 heteroatoms. The minimum atomic E-state index is -4.14. The highest BCUT2D eigenvalue weighted by molar-refractivity contribution is 7.49. The van der Waals surface area contributed by atoms with Gasteiger partial charge < -0.3 is 9.79 Å². The second-order valence-electron chi connectivity index (χ2n) is 1.49. The van der Waals surface area contributed by atoms with E-state index >= 15 is 0 Å². The summed E-state index contributed by atoms with van der Waals surface area (Å²) in [5.41, 5.74) is 4.02. The van der Waals surface area contributed by atoms with Gasteiger partial charge in [0.05, 0.1) is 0 Å². The molecule has 0 atom stereocenters. The highest BCUT2D eigenvalue weighted by atomic mass is 31.2. The molecule has 0 aliphatic carbocycles. The van der Waals surface area contributed by atoms with Crippen LogP contribution in [0.3, 0.4) is 0 Å². The van der Waals surface area contributed by atoms with Gasteiger partial charge in [-0.3, -0.25) is 0 Å². The van der Waals surface area contributed by atoms with Crippen molar-refractivity contribution in [1.29, 1.82) is 0 Å². The molecule has 1 aromatic rings. The number of nitrogens with zero attached hydrogens (tertiary/aromatic N) is 2. The summed E-state index contributed by atoms with van der Waals surface area (Å²) in [4.78, 5) is 22.2. The Morgan fingerprint density at radius 1 is 1.27 bits per heavy atom. The van der Waals surface area contributed by atoms with Gasteiger partial charge in [-0.25, -0.2) is 20.0 Å². The first-order valence-electron chi connectivity index (χ1n) is 2.54. The van der Waals surface area contributed by atoms with Crippen LogP contribution < -0.4 is 5.50 Å². The Hall–Kier alpha value is -0.810. The molecule has 1 heterocycles. The lowest BCUT2D eigenvalue weighted by Gasteiger charge is -1.84. The maximum atomic E-state index is 9.10. The van der Waals surface area contributed by atoms with Gasteiger partial charge in [0, 0.05) is 12.4 Å². The van der Waals surface area contributed by atoms with Crippen molar-refractivity contribution >= 4 is 7.75 Å². The van der Waals surface area contributed by atoms with Gasteiger partial charge in [0.25, 0.3) is 0 Å². The molecule has 0 amide bonds. The molecule has 0 saturated carbocycles. The van der Waals surface area contributed by atoms with Gasteiger partial charge in [0.2, 0.25) is 0 Å². The standard InChI is InChI=1S/C4H4N2.H4NO3P/c1-2-5-4-6-3-1;1-5(2,3)4/h1-4H;(H4,1,2,3,4). The summed E-state index contributed by atoms with van der Waals surface area (Å²) in [7, 11) is -4.14. The van der Waals surface area contributed by atoms with Crippen molar-refractivity contribution in [2.75, 3.05) is 0 Å². The fourth-order valence-electron chi connectivity index (χ4n) is 0.253. The Bertz CT molecular complexity index is 188. The van der Waals surface area contributed by atoms with E-state index in [-0.39, 0.29) is 0 Å². The van der Waals surface area contributed by atoms with Crippen LogP contribution in [-0.2, 0) is 4.57 Å². The fraction of sp³-hybridized carbons (Fsp3) is 0. The van der Waals surface area contributed by atoms with Crippen molar-refractivity contribution in [2.24, 2.45) is 5.50 Å². The zero-order chi connectivity index (χ0) is 8.74. The number of nitrogens with two attached hydrogens (primary N) is 1. The van der Waals surface area contributed by atoms with E-state index in [1.807, 2.05) is 0 Å². The molecule has 0 unspecified atom stereocenters. The Morgan fingerprint density at radius 2 is 1.64 bits per heavy atom. The first kappa shape index (κ1) is 10.2. The molecular weight excluding hydrogens is 169 g/mol. The third-order valence-electron chi connectivity index (χ3n) is 0.478. The van der Waals surface area contributed by atoms with Crippen LogP contribution in [0.15, 0.2) is 24.8 Å². The highest BCUT2D eigenvalue weighted by Gasteiger charge is 1.96. The number of hydrogen-bond donors (Lipinski definition) is 3. The zero-order valence-corrected chi connectivity index (χ0v) is 6.43. The lowest BCUT2D eigenvalue weighted by atomic mass is 10.7. The summed E-state index contributed by atoms with van der Waals surface area (Å²) in [5.74, 6) is 0. The van der Waals surface area contributed by atoms with Crippen LogP contribution in [0.5, 0.6) is 0 Å². The topological polar surface area (TPSA) is 109 Å². The molecule has 1 aromatic heterocycles. The predicted molar refractivity (Wildman–Crippen MR) is 38.3 cm³/mol. The molecule has 0 radical (unpaired) electrons. The number of rotatable bonds is 0. The maximum absolute atomic E-state index is 9.10. The van der Waals surface area contributed by atoms with Crippen LogP contribution in [0, 0.1) is 0 Å². The molecule has 1 rings (SSSR count). The fourth-order valence-corrected chi connectivity index (χ4v) is 0.253. The molecule has 0 spiro atoms. The van der Waals surface area contributed by atoms with Gasteiger partial charge in [0.1, 0.15) is 6.33 Å². The van der Waals surface area contributed by atoms with Crippen molar-refractivity contribution in [3.8, 4) is 0 Å². The molecule has 0 aliphatic rings. The first-order valence-corrected chi connectivity index (χ1v) is 4.22. The molecular formula is C4H8N3O3P. The average Bonchev–Trinajstić information content (AvgIpc) is 1.88. The monoisotopic (exact) mass is 177 g/mol. The van der Waals surface area contributed by atoms with Crippen LogP contribution in [0.1, 0.15) is 0 Å².